The molecule has 1 saturated heterocycles. The number of hydrogen-bond donors (Lipinski definition) is 2. The van der Waals surface area contributed by atoms with E-state index in [1.165, 1.54) is 55.3 Å². The van der Waals surface area contributed by atoms with E-state index in [0.717, 1.165) is 19.6 Å². The fourth-order valence-electron chi connectivity index (χ4n) is 4.79. The maximum absolute atomic E-state index is 14.5. The molecule has 1 unspecified atom stereocenters. The molecule has 2 aliphatic rings. The van der Waals surface area contributed by atoms with Gasteiger partial charge in [-0.25, -0.2) is 0 Å². The van der Waals surface area contributed by atoms with Crippen LogP contribution in [0.4, 0.5) is 13.2 Å². The van der Waals surface area contributed by atoms with Gasteiger partial charge in [0.25, 0.3) is 0 Å². The van der Waals surface area contributed by atoms with Crippen molar-refractivity contribution in [3.63, 3.8) is 0 Å². The maximum Gasteiger partial charge on any atom is 0.417 e. The highest BCUT2D eigenvalue weighted by Gasteiger charge is 2.44. The topological polar surface area (TPSA) is 62.2 Å². The minimum atomic E-state index is -4.69. The first-order valence-electron chi connectivity index (χ1n) is 11.9. The van der Waals surface area contributed by atoms with Crippen LogP contribution in [0.5, 0.6) is 23.0 Å². The van der Waals surface area contributed by atoms with Gasteiger partial charge in [0, 0.05) is 23.7 Å². The van der Waals surface area contributed by atoms with Crippen molar-refractivity contribution in [2.75, 3.05) is 26.2 Å². The number of aromatic hydroxyl groups is 2. The van der Waals surface area contributed by atoms with Crippen molar-refractivity contribution in [2.45, 2.75) is 25.1 Å². The van der Waals surface area contributed by atoms with Crippen molar-refractivity contribution in [3.8, 4) is 23.0 Å². The lowest BCUT2D eigenvalue weighted by atomic mass is 9.85. The van der Waals surface area contributed by atoms with Crippen molar-refractivity contribution in [1.82, 2.24) is 4.90 Å². The number of allylic oxidation sites excluding steroid dienone is 1. The number of alkyl halides is 3. The fourth-order valence-corrected chi connectivity index (χ4v) is 4.79. The zero-order valence-electron chi connectivity index (χ0n) is 19.5. The highest BCUT2D eigenvalue weighted by atomic mass is 19.4. The molecule has 2 heterocycles. The summed E-state index contributed by atoms with van der Waals surface area (Å²) in [5.41, 5.74) is -0.286. The highest BCUT2D eigenvalue weighted by Crippen LogP contribution is 2.53. The molecule has 8 heteroatoms. The van der Waals surface area contributed by atoms with Crippen molar-refractivity contribution in [1.29, 1.82) is 0 Å². The molecule has 0 aliphatic carbocycles. The van der Waals surface area contributed by atoms with Crippen LogP contribution in [-0.2, 0) is 0 Å². The van der Waals surface area contributed by atoms with Crippen LogP contribution in [0.25, 0.3) is 11.1 Å². The number of phenols is 2. The predicted octanol–water partition coefficient (Wildman–Crippen LogP) is 6.18. The van der Waals surface area contributed by atoms with E-state index >= 15 is 0 Å². The number of hydrogen-bond acceptors (Lipinski definition) is 5. The molecule has 3 aromatic rings. The summed E-state index contributed by atoms with van der Waals surface area (Å²) in [5.74, 6) is 0.324. The van der Waals surface area contributed by atoms with Crippen molar-refractivity contribution < 1.29 is 32.9 Å². The van der Waals surface area contributed by atoms with Gasteiger partial charge >= 0.3 is 6.18 Å². The van der Waals surface area contributed by atoms with Gasteiger partial charge in [-0.05, 0) is 73.5 Å². The fraction of sp³-hybridized carbons (Fsp3) is 0.286. The van der Waals surface area contributed by atoms with Gasteiger partial charge in [0.15, 0.2) is 6.10 Å². The number of likely N-dealkylation sites (tertiary alicyclic amines) is 1. The van der Waals surface area contributed by atoms with E-state index in [9.17, 15) is 23.4 Å². The van der Waals surface area contributed by atoms with Gasteiger partial charge in [-0.1, -0.05) is 24.3 Å². The van der Waals surface area contributed by atoms with Crippen LogP contribution in [0.3, 0.4) is 0 Å². The first kappa shape index (κ1) is 24.1. The van der Waals surface area contributed by atoms with Crippen molar-refractivity contribution >= 4 is 11.1 Å². The van der Waals surface area contributed by atoms with Crippen molar-refractivity contribution in [3.05, 3.63) is 83.4 Å². The van der Waals surface area contributed by atoms with Crippen LogP contribution >= 0.6 is 0 Å². The number of halogens is 3. The number of fused-ring (bicyclic) bond motifs is 1. The molecule has 5 rings (SSSR count). The summed E-state index contributed by atoms with van der Waals surface area (Å²) < 4.78 is 55.4. The van der Waals surface area contributed by atoms with E-state index in [0.29, 0.717) is 17.9 Å². The zero-order chi connectivity index (χ0) is 25.3. The molecule has 3 aromatic carbocycles. The Morgan fingerprint density at radius 3 is 2.22 bits per heavy atom. The summed E-state index contributed by atoms with van der Waals surface area (Å²) in [7, 11) is 0. The third kappa shape index (κ3) is 4.99. The molecule has 0 amide bonds. The predicted molar refractivity (Wildman–Crippen MR) is 130 cm³/mol. The van der Waals surface area contributed by atoms with E-state index in [1.807, 2.05) is 0 Å². The number of phenolic OH excluding ortho intramolecular Hbond substituents is 2. The average molecular weight is 498 g/mol. The SMILES string of the molecule is Oc1ccc(C2=C(C(F)(F)F)c3ccc(O)cc3OC2c2ccc(OCCN3CCCC3)cc2)cc1. The molecule has 5 nitrogen and oxygen atoms in total. The average Bonchev–Trinajstić information content (AvgIpc) is 3.37. The molecule has 0 saturated carbocycles. The van der Waals surface area contributed by atoms with Crippen LogP contribution in [0.2, 0.25) is 0 Å². The quantitative estimate of drug-likeness (QED) is 0.426. The normalized spacial score (nSPS) is 18.1. The molecule has 36 heavy (non-hydrogen) atoms. The Morgan fingerprint density at radius 1 is 0.889 bits per heavy atom. The maximum atomic E-state index is 14.5. The third-order valence-corrected chi connectivity index (χ3v) is 6.53. The van der Waals surface area contributed by atoms with Crippen LogP contribution in [-0.4, -0.2) is 47.5 Å². The molecule has 2 N–H and O–H groups in total. The number of rotatable bonds is 6. The van der Waals surface area contributed by atoms with Crippen LogP contribution in [0.1, 0.15) is 35.6 Å². The molecule has 188 valence electrons. The zero-order valence-corrected chi connectivity index (χ0v) is 19.5. The van der Waals surface area contributed by atoms with Gasteiger partial charge in [-0.2, -0.15) is 13.2 Å². The second kappa shape index (κ2) is 9.78. The third-order valence-electron chi connectivity index (χ3n) is 6.53. The van der Waals surface area contributed by atoms with Crippen molar-refractivity contribution in [2.24, 2.45) is 0 Å². The van der Waals surface area contributed by atoms with Gasteiger partial charge in [0.05, 0.1) is 5.57 Å². The molecule has 2 aliphatic heterocycles. The molecule has 1 atom stereocenters. The van der Waals surface area contributed by atoms with Crippen LogP contribution < -0.4 is 9.47 Å². The molecule has 0 spiro atoms. The van der Waals surface area contributed by atoms with E-state index in [2.05, 4.69) is 4.90 Å². The summed E-state index contributed by atoms with van der Waals surface area (Å²) in [6.45, 7) is 3.51. The number of ether oxygens (including phenoxy) is 2. The summed E-state index contributed by atoms with van der Waals surface area (Å²) in [4.78, 5) is 2.34. The lowest BCUT2D eigenvalue weighted by molar-refractivity contribution is -0.0695. The summed E-state index contributed by atoms with van der Waals surface area (Å²) in [5, 5.41) is 19.6. The molecule has 0 bridgehead atoms. The monoisotopic (exact) mass is 497 g/mol. The molecule has 1 fully saturated rings. The molecular formula is C28H26F3NO4. The Kier molecular flexibility index (Phi) is 6.53. The minimum Gasteiger partial charge on any atom is -0.508 e. The lowest BCUT2D eigenvalue weighted by Crippen LogP contribution is -2.25. The van der Waals surface area contributed by atoms with Gasteiger partial charge in [-0.15, -0.1) is 0 Å². The Labute approximate surface area is 207 Å². The second-order valence-corrected chi connectivity index (χ2v) is 8.98. The Morgan fingerprint density at radius 2 is 1.56 bits per heavy atom. The first-order valence-corrected chi connectivity index (χ1v) is 11.9. The van der Waals surface area contributed by atoms with Gasteiger partial charge in [0.1, 0.15) is 29.6 Å². The van der Waals surface area contributed by atoms with E-state index in [-0.39, 0.29) is 33.9 Å². The van der Waals surface area contributed by atoms with E-state index in [4.69, 9.17) is 9.47 Å². The number of benzene rings is 3. The van der Waals surface area contributed by atoms with E-state index in [1.54, 1.807) is 24.3 Å². The van der Waals surface area contributed by atoms with Gasteiger partial charge < -0.3 is 19.7 Å². The number of nitrogens with zero attached hydrogens (tertiary/aromatic N) is 1. The largest absolute Gasteiger partial charge is 0.508 e. The Hall–Kier alpha value is -3.65. The smallest absolute Gasteiger partial charge is 0.417 e. The highest BCUT2D eigenvalue weighted by molar-refractivity contribution is 5.98. The second-order valence-electron chi connectivity index (χ2n) is 8.98. The van der Waals surface area contributed by atoms with Gasteiger partial charge in [-0.3, -0.25) is 4.90 Å². The Balaban J connectivity index is 1.52. The van der Waals surface area contributed by atoms with Gasteiger partial charge in [0.2, 0.25) is 0 Å². The van der Waals surface area contributed by atoms with Crippen LogP contribution in [0.15, 0.2) is 66.7 Å². The summed E-state index contributed by atoms with van der Waals surface area (Å²) >= 11 is 0. The molecule has 0 radical (unpaired) electrons. The standard InChI is InChI=1S/C28H26F3NO4/c29-28(30,31)26-23-12-9-21(34)17-24(23)36-27(25(26)18-3-7-20(33)8-4-18)19-5-10-22(11-6-19)35-16-15-32-13-1-2-14-32/h3-12,17,27,33-34H,1-2,13-16H2. The summed E-state index contributed by atoms with van der Waals surface area (Å²) in [6, 6.07) is 16.0. The van der Waals surface area contributed by atoms with E-state index < -0.39 is 17.9 Å². The lowest BCUT2D eigenvalue weighted by Gasteiger charge is -2.33. The molecular weight excluding hydrogens is 471 g/mol. The van der Waals surface area contributed by atoms with Crippen LogP contribution in [0, 0.1) is 0 Å². The summed E-state index contributed by atoms with van der Waals surface area (Å²) in [6.07, 6.45) is -3.39. The Bertz CT molecular complexity index is 1250. The first-order chi connectivity index (χ1) is 17.3. The molecule has 0 aromatic heterocycles. The minimum absolute atomic E-state index is 0.0538.